The second-order valence-electron chi connectivity index (χ2n) is 7.46. The average molecular weight is 480 g/mol. The Bertz CT molecular complexity index is 1430. The summed E-state index contributed by atoms with van der Waals surface area (Å²) in [5.41, 5.74) is 0.981. The zero-order valence-electron chi connectivity index (χ0n) is 17.7. The van der Waals surface area contributed by atoms with Gasteiger partial charge in [0.1, 0.15) is 16.5 Å². The molecule has 4 rings (SSSR count). The molecule has 3 aromatic rings. The molecule has 172 valence electrons. The Labute approximate surface area is 195 Å². The third kappa shape index (κ3) is 4.79. The van der Waals surface area contributed by atoms with Gasteiger partial charge in [-0.1, -0.05) is 12.1 Å². The van der Waals surface area contributed by atoms with Gasteiger partial charge in [0, 0.05) is 29.9 Å². The van der Waals surface area contributed by atoms with Crippen LogP contribution in [0.15, 0.2) is 76.0 Å². The van der Waals surface area contributed by atoms with Crippen LogP contribution in [-0.2, 0) is 10.0 Å². The number of sulfonamides is 1. The fourth-order valence-electron chi connectivity index (χ4n) is 3.58. The molecule has 10 heteroatoms. The minimum Gasteiger partial charge on any atom is -0.352 e. The van der Waals surface area contributed by atoms with E-state index in [1.165, 1.54) is 47.4 Å². The Kier molecular flexibility index (Phi) is 6.38. The van der Waals surface area contributed by atoms with E-state index in [9.17, 15) is 27.3 Å². The molecule has 1 aliphatic rings. The molecule has 0 saturated carbocycles. The van der Waals surface area contributed by atoms with Gasteiger partial charge in [0.15, 0.2) is 5.84 Å². The van der Waals surface area contributed by atoms with Crippen LogP contribution >= 0.6 is 0 Å². The molecule has 1 aliphatic heterocycles. The highest BCUT2D eigenvalue weighted by atomic mass is 32.2. The normalized spacial score (nSPS) is 13.5. The predicted molar refractivity (Wildman–Crippen MR) is 122 cm³/mol. The van der Waals surface area contributed by atoms with Gasteiger partial charge in [-0.15, -0.1) is 4.40 Å². The first-order valence-electron chi connectivity index (χ1n) is 10.2. The number of nitrogens with one attached hydrogen (secondary N) is 1. The van der Waals surface area contributed by atoms with E-state index < -0.39 is 27.6 Å². The molecule has 0 saturated heterocycles. The first kappa shape index (κ1) is 23.1. The molecule has 0 fully saturated rings. The first-order valence-corrected chi connectivity index (χ1v) is 11.7. The molecule has 0 spiro atoms. The number of hydrogen-bond donors (Lipinski definition) is 1. The van der Waals surface area contributed by atoms with E-state index in [0.29, 0.717) is 17.5 Å². The largest absolute Gasteiger partial charge is 0.352 e. The Morgan fingerprint density at radius 3 is 2.50 bits per heavy atom. The van der Waals surface area contributed by atoms with Crippen LogP contribution in [0.2, 0.25) is 0 Å². The van der Waals surface area contributed by atoms with Gasteiger partial charge in [-0.25, -0.2) is 8.78 Å². The van der Waals surface area contributed by atoms with Gasteiger partial charge < -0.3 is 10.2 Å². The molecule has 0 aromatic heterocycles. The maximum absolute atomic E-state index is 14.2. The summed E-state index contributed by atoms with van der Waals surface area (Å²) in [6.07, 6.45) is 0.340. The summed E-state index contributed by atoms with van der Waals surface area (Å²) in [6.45, 7) is 0.371. The van der Waals surface area contributed by atoms with Crippen molar-refractivity contribution >= 4 is 27.5 Å². The number of amidine groups is 1. The zero-order valence-corrected chi connectivity index (χ0v) is 18.5. The van der Waals surface area contributed by atoms with Crippen molar-refractivity contribution in [1.29, 1.82) is 5.26 Å². The molecule has 0 aliphatic carbocycles. The van der Waals surface area contributed by atoms with Crippen LogP contribution < -0.4 is 10.2 Å². The topological polar surface area (TPSA) is 103 Å². The highest BCUT2D eigenvalue weighted by molar-refractivity contribution is 7.90. The Morgan fingerprint density at radius 1 is 1.03 bits per heavy atom. The van der Waals surface area contributed by atoms with Gasteiger partial charge in [-0.3, -0.25) is 4.79 Å². The van der Waals surface area contributed by atoms with Crippen molar-refractivity contribution in [3.63, 3.8) is 0 Å². The number of fused-ring (bicyclic) bond motifs is 1. The van der Waals surface area contributed by atoms with Crippen LogP contribution in [0.3, 0.4) is 0 Å². The third-order valence-electron chi connectivity index (χ3n) is 5.14. The number of carbonyl (C=O) groups is 1. The molecular weight excluding hydrogens is 462 g/mol. The molecule has 0 bridgehead atoms. The van der Waals surface area contributed by atoms with Crippen molar-refractivity contribution in [3.8, 4) is 6.07 Å². The minimum atomic E-state index is -3.93. The SMILES string of the molecule is N#Cc1cc(F)cc(N(CCCNC(=O)c2ccc(F)cc2)C2=NS(=O)(=O)c3ccccc32)c1. The van der Waals surface area contributed by atoms with E-state index in [4.69, 9.17) is 0 Å². The van der Waals surface area contributed by atoms with Crippen LogP contribution in [0.4, 0.5) is 14.5 Å². The highest BCUT2D eigenvalue weighted by Crippen LogP contribution is 2.30. The Morgan fingerprint density at radius 2 is 1.76 bits per heavy atom. The Balaban J connectivity index is 1.58. The molecule has 34 heavy (non-hydrogen) atoms. The number of rotatable bonds is 6. The number of benzene rings is 3. The van der Waals surface area contributed by atoms with Crippen molar-refractivity contribution < 1.29 is 22.0 Å². The van der Waals surface area contributed by atoms with Crippen molar-refractivity contribution in [2.24, 2.45) is 4.40 Å². The molecular formula is C24H18F2N4O3S. The predicted octanol–water partition coefficient (Wildman–Crippen LogP) is 3.61. The van der Waals surface area contributed by atoms with Crippen LogP contribution in [-0.4, -0.2) is 33.3 Å². The summed E-state index contributed by atoms with van der Waals surface area (Å²) in [5.74, 6) is -1.39. The number of halogens is 2. The highest BCUT2D eigenvalue weighted by Gasteiger charge is 2.32. The third-order valence-corrected chi connectivity index (χ3v) is 6.47. The summed E-state index contributed by atoms with van der Waals surface area (Å²) < 4.78 is 56.3. The zero-order chi connectivity index (χ0) is 24.3. The molecule has 7 nitrogen and oxygen atoms in total. The van der Waals surface area contributed by atoms with E-state index in [1.807, 2.05) is 6.07 Å². The van der Waals surface area contributed by atoms with Gasteiger partial charge in [-0.05, 0) is 61.0 Å². The van der Waals surface area contributed by atoms with Crippen LogP contribution in [0.1, 0.15) is 27.9 Å². The average Bonchev–Trinajstić information content (AvgIpc) is 3.09. The maximum Gasteiger partial charge on any atom is 0.285 e. The smallest absolute Gasteiger partial charge is 0.285 e. The van der Waals surface area contributed by atoms with Gasteiger partial charge in [0.2, 0.25) is 0 Å². The van der Waals surface area contributed by atoms with E-state index >= 15 is 0 Å². The van der Waals surface area contributed by atoms with Crippen molar-refractivity contribution in [2.45, 2.75) is 11.3 Å². The second-order valence-corrected chi connectivity index (χ2v) is 9.04. The number of hydrogen-bond acceptors (Lipinski definition) is 5. The fourth-order valence-corrected chi connectivity index (χ4v) is 4.79. The van der Waals surface area contributed by atoms with E-state index in [1.54, 1.807) is 18.2 Å². The lowest BCUT2D eigenvalue weighted by atomic mass is 10.1. The lowest BCUT2D eigenvalue weighted by Crippen LogP contribution is -2.34. The molecule has 0 radical (unpaired) electrons. The van der Waals surface area contributed by atoms with Crippen molar-refractivity contribution in [1.82, 2.24) is 5.32 Å². The minimum absolute atomic E-state index is 0.0384. The van der Waals surface area contributed by atoms with Crippen LogP contribution in [0.25, 0.3) is 0 Å². The standard InChI is InChI=1S/C24H18F2N4O3S/c25-18-8-6-17(7-9-18)24(31)28-10-3-11-30(20-13-16(15-27)12-19(26)14-20)23-21-4-1-2-5-22(21)34(32,33)29-23/h1-2,4-9,12-14H,3,10-11H2,(H,28,31). The number of anilines is 1. The van der Waals surface area contributed by atoms with Crippen molar-refractivity contribution in [3.05, 3.63) is 95.1 Å². The van der Waals surface area contributed by atoms with Crippen LogP contribution in [0, 0.1) is 23.0 Å². The summed E-state index contributed by atoms with van der Waals surface area (Å²) in [4.78, 5) is 13.8. The van der Waals surface area contributed by atoms with Crippen molar-refractivity contribution in [2.75, 3.05) is 18.0 Å². The molecule has 1 N–H and O–H groups in total. The quantitative estimate of drug-likeness (QED) is 0.543. The summed E-state index contributed by atoms with van der Waals surface area (Å²) in [7, 11) is -3.93. The second kappa shape index (κ2) is 9.41. The van der Waals surface area contributed by atoms with E-state index in [-0.39, 0.29) is 35.1 Å². The maximum atomic E-state index is 14.2. The molecule has 1 heterocycles. The summed E-state index contributed by atoms with van der Waals surface area (Å²) >= 11 is 0. The summed E-state index contributed by atoms with van der Waals surface area (Å²) in [5, 5.41) is 12.0. The number of amides is 1. The van der Waals surface area contributed by atoms with Gasteiger partial charge in [-0.2, -0.15) is 13.7 Å². The van der Waals surface area contributed by atoms with Gasteiger partial charge >= 0.3 is 0 Å². The van der Waals surface area contributed by atoms with E-state index in [0.717, 1.165) is 6.07 Å². The molecule has 0 atom stereocenters. The number of carbonyl (C=O) groups excluding carboxylic acids is 1. The monoisotopic (exact) mass is 480 g/mol. The molecule has 1 amide bonds. The molecule has 0 unspecified atom stereocenters. The van der Waals surface area contributed by atoms with E-state index in [2.05, 4.69) is 9.71 Å². The van der Waals surface area contributed by atoms with Crippen LogP contribution in [0.5, 0.6) is 0 Å². The first-order chi connectivity index (χ1) is 16.3. The van der Waals surface area contributed by atoms with Gasteiger partial charge in [0.25, 0.3) is 15.9 Å². The number of nitrogens with zero attached hydrogens (tertiary/aromatic N) is 3. The van der Waals surface area contributed by atoms with Gasteiger partial charge in [0.05, 0.1) is 11.6 Å². The lowest BCUT2D eigenvalue weighted by molar-refractivity contribution is 0.0953. The Hall–Kier alpha value is -4.10. The summed E-state index contributed by atoms with van der Waals surface area (Å²) in [6, 6.07) is 17.0. The lowest BCUT2D eigenvalue weighted by Gasteiger charge is -2.25. The fraction of sp³-hybridized carbons (Fsp3) is 0.125. The number of nitriles is 1. The molecule has 3 aromatic carbocycles.